The predicted molar refractivity (Wildman–Crippen MR) is 58.1 cm³/mol. The minimum absolute atomic E-state index is 0.475. The van der Waals surface area contributed by atoms with E-state index in [1.165, 1.54) is 51.5 Å². The van der Waals surface area contributed by atoms with Crippen molar-refractivity contribution in [3.8, 4) is 0 Å². The van der Waals surface area contributed by atoms with Gasteiger partial charge in [-0.15, -0.1) is 0 Å². The Labute approximate surface area is 86.8 Å². The predicted octanol–water partition coefficient (Wildman–Crippen LogP) is 1.74. The van der Waals surface area contributed by atoms with Gasteiger partial charge in [-0.3, -0.25) is 4.90 Å². The number of piperidine rings is 1. The molecule has 2 nitrogen and oxygen atoms in total. The monoisotopic (exact) mass is 194 g/mol. The molecule has 2 N–H and O–H groups in total. The molecule has 3 rings (SSSR count). The van der Waals surface area contributed by atoms with E-state index in [9.17, 15) is 0 Å². The Bertz CT molecular complexity index is 216. The van der Waals surface area contributed by atoms with Crippen LogP contribution in [0.3, 0.4) is 0 Å². The van der Waals surface area contributed by atoms with Crippen LogP contribution in [0.2, 0.25) is 0 Å². The van der Waals surface area contributed by atoms with Crippen LogP contribution in [0.15, 0.2) is 0 Å². The van der Waals surface area contributed by atoms with E-state index in [1.54, 1.807) is 0 Å². The molecule has 0 spiro atoms. The topological polar surface area (TPSA) is 29.3 Å². The van der Waals surface area contributed by atoms with Crippen LogP contribution in [0, 0.1) is 5.92 Å². The van der Waals surface area contributed by atoms with Crippen LogP contribution in [-0.4, -0.2) is 29.6 Å². The number of hydrogen-bond donors (Lipinski definition) is 1. The van der Waals surface area contributed by atoms with Crippen LogP contribution in [0.25, 0.3) is 0 Å². The molecule has 14 heavy (non-hydrogen) atoms. The number of likely N-dealkylation sites (tertiary alicyclic amines) is 1. The molecular weight excluding hydrogens is 172 g/mol. The Kier molecular flexibility index (Phi) is 2.29. The summed E-state index contributed by atoms with van der Waals surface area (Å²) in [5, 5.41) is 0. The Morgan fingerprint density at radius 3 is 2.50 bits per heavy atom. The van der Waals surface area contributed by atoms with Crippen LogP contribution in [-0.2, 0) is 0 Å². The first kappa shape index (κ1) is 9.17. The maximum atomic E-state index is 6.25. The summed E-state index contributed by atoms with van der Waals surface area (Å²) in [5.41, 5.74) is 6.25. The van der Waals surface area contributed by atoms with Gasteiger partial charge in [0, 0.05) is 24.7 Å². The summed E-state index contributed by atoms with van der Waals surface area (Å²) in [6.07, 6.45) is 9.81. The second-order valence-electron chi connectivity index (χ2n) is 5.55. The van der Waals surface area contributed by atoms with Gasteiger partial charge in [-0.05, 0) is 38.0 Å². The van der Waals surface area contributed by atoms with Gasteiger partial charge in [-0.1, -0.05) is 12.8 Å². The molecule has 1 aliphatic heterocycles. The van der Waals surface area contributed by atoms with Crippen molar-refractivity contribution >= 4 is 0 Å². The van der Waals surface area contributed by atoms with Gasteiger partial charge in [0.1, 0.15) is 0 Å². The van der Waals surface area contributed by atoms with Gasteiger partial charge < -0.3 is 5.73 Å². The van der Waals surface area contributed by atoms with Crippen LogP contribution in [0.5, 0.6) is 0 Å². The van der Waals surface area contributed by atoms with E-state index in [2.05, 4.69) is 4.90 Å². The minimum Gasteiger partial charge on any atom is -0.326 e. The van der Waals surface area contributed by atoms with Gasteiger partial charge >= 0.3 is 0 Å². The molecule has 2 saturated carbocycles. The maximum Gasteiger partial charge on any atom is 0.0250 e. The van der Waals surface area contributed by atoms with Crippen molar-refractivity contribution in [3.63, 3.8) is 0 Å². The molecule has 4 atom stereocenters. The van der Waals surface area contributed by atoms with E-state index >= 15 is 0 Å². The Balaban J connectivity index is 1.69. The third-order valence-electron chi connectivity index (χ3n) is 4.66. The van der Waals surface area contributed by atoms with Crippen molar-refractivity contribution < 1.29 is 0 Å². The third kappa shape index (κ3) is 1.40. The highest BCUT2D eigenvalue weighted by Gasteiger charge is 2.42. The lowest BCUT2D eigenvalue weighted by molar-refractivity contribution is 0.103. The largest absolute Gasteiger partial charge is 0.326 e. The van der Waals surface area contributed by atoms with Gasteiger partial charge in [0.15, 0.2) is 0 Å². The Hall–Kier alpha value is -0.0800. The normalized spacial score (nSPS) is 48.6. The van der Waals surface area contributed by atoms with Crippen LogP contribution in [0.1, 0.15) is 44.9 Å². The van der Waals surface area contributed by atoms with Gasteiger partial charge in [-0.2, -0.15) is 0 Å². The smallest absolute Gasteiger partial charge is 0.0250 e. The summed E-state index contributed by atoms with van der Waals surface area (Å²) in [4.78, 5) is 2.76. The molecule has 2 heteroatoms. The second-order valence-corrected chi connectivity index (χ2v) is 5.55. The van der Waals surface area contributed by atoms with Crippen molar-refractivity contribution in [2.24, 2.45) is 11.7 Å². The standard InChI is InChI=1S/C12H22N2/c13-11-3-1-2-4-12(11)14-8-9-5-6-10(14)7-9/h9-12H,1-8,13H2. The van der Waals surface area contributed by atoms with E-state index < -0.39 is 0 Å². The molecule has 3 aliphatic rings. The Morgan fingerprint density at radius 2 is 1.86 bits per heavy atom. The molecule has 0 aromatic heterocycles. The molecule has 0 radical (unpaired) electrons. The molecule has 1 saturated heterocycles. The van der Waals surface area contributed by atoms with Gasteiger partial charge in [0.05, 0.1) is 0 Å². The van der Waals surface area contributed by atoms with Crippen LogP contribution >= 0.6 is 0 Å². The zero-order valence-corrected chi connectivity index (χ0v) is 8.99. The molecule has 2 bridgehead atoms. The number of hydrogen-bond acceptors (Lipinski definition) is 2. The summed E-state index contributed by atoms with van der Waals surface area (Å²) in [7, 11) is 0. The highest BCUT2D eigenvalue weighted by molar-refractivity contribution is 4.98. The number of nitrogens with zero attached hydrogens (tertiary/aromatic N) is 1. The molecule has 1 heterocycles. The fraction of sp³-hybridized carbons (Fsp3) is 1.00. The highest BCUT2D eigenvalue weighted by Crippen LogP contribution is 2.40. The molecule has 2 aliphatic carbocycles. The van der Waals surface area contributed by atoms with Crippen molar-refractivity contribution in [1.29, 1.82) is 0 Å². The second kappa shape index (κ2) is 3.49. The molecule has 4 unspecified atom stereocenters. The lowest BCUT2D eigenvalue weighted by Gasteiger charge is -2.40. The fourth-order valence-electron chi connectivity index (χ4n) is 3.92. The van der Waals surface area contributed by atoms with Crippen LogP contribution < -0.4 is 5.73 Å². The van der Waals surface area contributed by atoms with E-state index in [-0.39, 0.29) is 0 Å². The lowest BCUT2D eigenvalue weighted by atomic mass is 9.89. The van der Waals surface area contributed by atoms with E-state index in [1.807, 2.05) is 0 Å². The zero-order chi connectivity index (χ0) is 9.54. The summed E-state index contributed by atoms with van der Waals surface area (Å²) in [5.74, 6) is 1.02. The van der Waals surface area contributed by atoms with Gasteiger partial charge in [-0.25, -0.2) is 0 Å². The molecule has 80 valence electrons. The molecule has 0 aromatic rings. The quantitative estimate of drug-likeness (QED) is 0.689. The lowest BCUT2D eigenvalue weighted by Crippen LogP contribution is -2.52. The Morgan fingerprint density at radius 1 is 1.00 bits per heavy atom. The molecular formula is C12H22N2. The fourth-order valence-corrected chi connectivity index (χ4v) is 3.92. The van der Waals surface area contributed by atoms with Crippen LogP contribution in [0.4, 0.5) is 0 Å². The minimum atomic E-state index is 0.475. The third-order valence-corrected chi connectivity index (χ3v) is 4.66. The highest BCUT2D eigenvalue weighted by atomic mass is 15.2. The van der Waals surface area contributed by atoms with E-state index in [0.29, 0.717) is 6.04 Å². The van der Waals surface area contributed by atoms with Crippen molar-refractivity contribution in [2.75, 3.05) is 6.54 Å². The van der Waals surface area contributed by atoms with E-state index in [0.717, 1.165) is 18.0 Å². The summed E-state index contributed by atoms with van der Waals surface area (Å²) >= 11 is 0. The van der Waals surface area contributed by atoms with Crippen molar-refractivity contribution in [1.82, 2.24) is 4.90 Å². The van der Waals surface area contributed by atoms with E-state index in [4.69, 9.17) is 5.73 Å². The first-order valence-electron chi connectivity index (χ1n) is 6.36. The van der Waals surface area contributed by atoms with Gasteiger partial charge in [0.2, 0.25) is 0 Å². The maximum absolute atomic E-state index is 6.25. The summed E-state index contributed by atoms with van der Waals surface area (Å²) in [6.45, 7) is 1.36. The first-order chi connectivity index (χ1) is 6.84. The number of fused-ring (bicyclic) bond motifs is 2. The SMILES string of the molecule is NC1CCCCC1N1CC2CCC1C2. The molecule has 3 fully saturated rings. The number of nitrogens with two attached hydrogens (primary N) is 1. The average Bonchev–Trinajstić information content (AvgIpc) is 2.79. The van der Waals surface area contributed by atoms with Crippen molar-refractivity contribution in [3.05, 3.63) is 0 Å². The average molecular weight is 194 g/mol. The van der Waals surface area contributed by atoms with Crippen molar-refractivity contribution in [2.45, 2.75) is 63.1 Å². The molecule has 0 amide bonds. The first-order valence-corrected chi connectivity index (χ1v) is 6.36. The van der Waals surface area contributed by atoms with Gasteiger partial charge in [0.25, 0.3) is 0 Å². The summed E-state index contributed by atoms with van der Waals surface area (Å²) in [6, 6.07) is 2.12. The zero-order valence-electron chi connectivity index (χ0n) is 8.99. The molecule has 0 aromatic carbocycles. The summed E-state index contributed by atoms with van der Waals surface area (Å²) < 4.78 is 0. The number of rotatable bonds is 1.